The van der Waals surface area contributed by atoms with Crippen molar-refractivity contribution in [1.82, 2.24) is 0 Å². The van der Waals surface area contributed by atoms with Gasteiger partial charge in [0.25, 0.3) is 0 Å². The molecule has 90 valence electrons. The predicted octanol–water partition coefficient (Wildman–Crippen LogP) is 1.99. The molecule has 0 atom stereocenters. The van der Waals surface area contributed by atoms with Crippen molar-refractivity contribution in [3.8, 4) is 23.2 Å². The molecule has 1 heterocycles. The van der Waals surface area contributed by atoms with E-state index in [-0.39, 0.29) is 12.4 Å². The highest BCUT2D eigenvalue weighted by molar-refractivity contribution is 5.85. The van der Waals surface area contributed by atoms with Gasteiger partial charge in [0.05, 0.1) is 0 Å². The van der Waals surface area contributed by atoms with Gasteiger partial charge < -0.3 is 14.6 Å². The molecule has 0 saturated heterocycles. The third-order valence-electron chi connectivity index (χ3n) is 2.30. The number of aliphatic hydroxyl groups is 1. The van der Waals surface area contributed by atoms with E-state index in [1.807, 2.05) is 0 Å². The van der Waals surface area contributed by atoms with Gasteiger partial charge in [0.1, 0.15) is 12.4 Å². The molecule has 18 heavy (non-hydrogen) atoms. The molecule has 0 radical (unpaired) electrons. The number of carboxylic acid groups (broad SMARTS) is 1. The molecule has 2 N–H and O–H groups in total. The Morgan fingerprint density at radius 1 is 1.17 bits per heavy atom. The zero-order valence-corrected chi connectivity index (χ0v) is 9.38. The molecular formula is C14H10O4. The Hall–Kier alpha value is -2.51. The second kappa shape index (κ2) is 5.21. The van der Waals surface area contributed by atoms with E-state index >= 15 is 0 Å². The van der Waals surface area contributed by atoms with Crippen LogP contribution in [0.2, 0.25) is 0 Å². The Kier molecular flexibility index (Phi) is 3.46. The maximum Gasteiger partial charge on any atom is 0.371 e. The number of furan rings is 1. The minimum absolute atomic E-state index is 0.0888. The number of aliphatic hydroxyl groups excluding tert-OH is 1. The minimum atomic E-state index is -1.09. The van der Waals surface area contributed by atoms with Crippen LogP contribution in [0.15, 0.2) is 40.8 Å². The predicted molar refractivity (Wildman–Crippen MR) is 65.1 cm³/mol. The summed E-state index contributed by atoms with van der Waals surface area (Å²) in [5.41, 5.74) is 1.55. The number of benzene rings is 1. The number of carbonyl (C=O) groups is 1. The van der Waals surface area contributed by atoms with E-state index in [1.54, 1.807) is 30.3 Å². The highest BCUT2D eigenvalue weighted by Gasteiger charge is 2.09. The van der Waals surface area contributed by atoms with Crippen LogP contribution in [-0.2, 0) is 0 Å². The lowest BCUT2D eigenvalue weighted by Gasteiger charge is -1.96. The van der Waals surface area contributed by atoms with Gasteiger partial charge in [-0.2, -0.15) is 0 Å². The summed E-state index contributed by atoms with van der Waals surface area (Å²) < 4.78 is 5.18. The molecule has 4 heteroatoms. The van der Waals surface area contributed by atoms with Crippen LogP contribution in [-0.4, -0.2) is 22.8 Å². The van der Waals surface area contributed by atoms with Crippen molar-refractivity contribution in [2.24, 2.45) is 0 Å². The monoisotopic (exact) mass is 242 g/mol. The lowest BCUT2D eigenvalue weighted by atomic mass is 10.1. The van der Waals surface area contributed by atoms with Gasteiger partial charge in [-0.15, -0.1) is 0 Å². The molecular weight excluding hydrogens is 232 g/mol. The lowest BCUT2D eigenvalue weighted by Crippen LogP contribution is -1.91. The summed E-state index contributed by atoms with van der Waals surface area (Å²) in [6, 6.07) is 10.1. The first-order chi connectivity index (χ1) is 8.70. The first-order valence-electron chi connectivity index (χ1n) is 5.24. The summed E-state index contributed by atoms with van der Waals surface area (Å²) in [6.45, 7) is -0.179. The summed E-state index contributed by atoms with van der Waals surface area (Å²) in [7, 11) is 0. The average molecular weight is 242 g/mol. The van der Waals surface area contributed by atoms with Crippen molar-refractivity contribution in [2.75, 3.05) is 6.61 Å². The molecule has 0 aliphatic heterocycles. The minimum Gasteiger partial charge on any atom is -0.475 e. The Labute approximate surface area is 103 Å². The fourth-order valence-corrected chi connectivity index (χ4v) is 1.47. The van der Waals surface area contributed by atoms with Crippen molar-refractivity contribution in [1.29, 1.82) is 0 Å². The molecule has 0 aliphatic carbocycles. The van der Waals surface area contributed by atoms with Crippen LogP contribution in [0.4, 0.5) is 0 Å². The van der Waals surface area contributed by atoms with Gasteiger partial charge in [-0.25, -0.2) is 4.79 Å². The molecule has 0 fully saturated rings. The quantitative estimate of drug-likeness (QED) is 0.790. The van der Waals surface area contributed by atoms with Gasteiger partial charge in [0, 0.05) is 11.1 Å². The number of hydrogen-bond acceptors (Lipinski definition) is 3. The van der Waals surface area contributed by atoms with E-state index in [0.717, 1.165) is 11.1 Å². The third-order valence-corrected chi connectivity index (χ3v) is 2.30. The van der Waals surface area contributed by atoms with Crippen molar-refractivity contribution < 1.29 is 19.4 Å². The van der Waals surface area contributed by atoms with Crippen molar-refractivity contribution in [3.05, 3.63) is 47.7 Å². The second-order valence-electron chi connectivity index (χ2n) is 3.51. The third kappa shape index (κ3) is 2.59. The molecule has 4 nitrogen and oxygen atoms in total. The second-order valence-corrected chi connectivity index (χ2v) is 3.51. The Bertz CT molecular complexity index is 611. The molecule has 2 rings (SSSR count). The van der Waals surface area contributed by atoms with Crippen LogP contribution >= 0.6 is 0 Å². The maximum absolute atomic E-state index is 10.7. The first-order valence-corrected chi connectivity index (χ1v) is 5.24. The van der Waals surface area contributed by atoms with Crippen LogP contribution in [0.3, 0.4) is 0 Å². The fourth-order valence-electron chi connectivity index (χ4n) is 1.47. The van der Waals surface area contributed by atoms with Crippen molar-refractivity contribution >= 4 is 5.97 Å². The van der Waals surface area contributed by atoms with E-state index in [1.165, 1.54) is 6.07 Å². The van der Waals surface area contributed by atoms with Gasteiger partial charge in [-0.05, 0) is 24.3 Å². The van der Waals surface area contributed by atoms with Crippen LogP contribution < -0.4 is 0 Å². The Balaban J connectivity index is 2.25. The van der Waals surface area contributed by atoms with E-state index < -0.39 is 5.97 Å². The standard InChI is InChI=1S/C14H10O4/c15-9-1-2-10-3-5-11(6-4-10)12-7-8-13(18-12)14(16)17/h3-8,15H,9H2,(H,16,17). The number of carboxylic acids is 1. The largest absolute Gasteiger partial charge is 0.475 e. The molecule has 0 saturated carbocycles. The van der Waals surface area contributed by atoms with E-state index in [0.29, 0.717) is 5.76 Å². The molecule has 0 amide bonds. The molecule has 0 aliphatic rings. The first kappa shape index (κ1) is 12.0. The topological polar surface area (TPSA) is 70.7 Å². The lowest BCUT2D eigenvalue weighted by molar-refractivity contribution is 0.0663. The summed E-state index contributed by atoms with van der Waals surface area (Å²) in [5.74, 6) is 4.63. The summed E-state index contributed by atoms with van der Waals surface area (Å²) in [5, 5.41) is 17.3. The Morgan fingerprint density at radius 3 is 2.44 bits per heavy atom. The molecule has 2 aromatic rings. The molecule has 1 aromatic carbocycles. The van der Waals surface area contributed by atoms with E-state index in [4.69, 9.17) is 14.6 Å². The molecule has 0 unspecified atom stereocenters. The summed E-state index contributed by atoms with van der Waals surface area (Å²) in [6.07, 6.45) is 0. The summed E-state index contributed by atoms with van der Waals surface area (Å²) >= 11 is 0. The van der Waals surface area contributed by atoms with Crippen LogP contribution in [0.5, 0.6) is 0 Å². The van der Waals surface area contributed by atoms with Gasteiger partial charge in [-0.3, -0.25) is 0 Å². The zero-order chi connectivity index (χ0) is 13.0. The van der Waals surface area contributed by atoms with Crippen LogP contribution in [0.25, 0.3) is 11.3 Å². The molecule has 0 bridgehead atoms. The summed E-state index contributed by atoms with van der Waals surface area (Å²) in [4.78, 5) is 10.7. The average Bonchev–Trinajstić information content (AvgIpc) is 2.87. The van der Waals surface area contributed by atoms with Gasteiger partial charge in [-0.1, -0.05) is 24.0 Å². The van der Waals surface area contributed by atoms with Gasteiger partial charge >= 0.3 is 5.97 Å². The highest BCUT2D eigenvalue weighted by atomic mass is 16.4. The Morgan fingerprint density at radius 2 is 1.89 bits per heavy atom. The van der Waals surface area contributed by atoms with Gasteiger partial charge in [0.15, 0.2) is 0 Å². The molecule has 1 aromatic heterocycles. The SMILES string of the molecule is O=C(O)c1ccc(-c2ccc(C#CCO)cc2)o1. The fraction of sp³-hybridized carbons (Fsp3) is 0.0714. The van der Waals surface area contributed by atoms with E-state index in [2.05, 4.69) is 11.8 Å². The highest BCUT2D eigenvalue weighted by Crippen LogP contribution is 2.22. The normalized spacial score (nSPS) is 9.61. The number of rotatable bonds is 2. The number of hydrogen-bond donors (Lipinski definition) is 2. The van der Waals surface area contributed by atoms with Crippen LogP contribution in [0, 0.1) is 11.8 Å². The maximum atomic E-state index is 10.7. The van der Waals surface area contributed by atoms with Crippen molar-refractivity contribution in [3.63, 3.8) is 0 Å². The van der Waals surface area contributed by atoms with Crippen LogP contribution in [0.1, 0.15) is 16.1 Å². The van der Waals surface area contributed by atoms with Gasteiger partial charge in [0.2, 0.25) is 5.76 Å². The zero-order valence-electron chi connectivity index (χ0n) is 9.38. The van der Waals surface area contributed by atoms with Crippen molar-refractivity contribution in [2.45, 2.75) is 0 Å². The number of aromatic carboxylic acids is 1. The smallest absolute Gasteiger partial charge is 0.371 e. The van der Waals surface area contributed by atoms with E-state index in [9.17, 15) is 4.79 Å². The molecule has 0 spiro atoms.